The third-order valence-electron chi connectivity index (χ3n) is 3.88. The van der Waals surface area contributed by atoms with Crippen LogP contribution in [0.25, 0.3) is 0 Å². The first-order chi connectivity index (χ1) is 11.4. The number of aromatic nitrogens is 2. The molecule has 1 fully saturated rings. The summed E-state index contributed by atoms with van der Waals surface area (Å²) < 4.78 is 23.0. The van der Waals surface area contributed by atoms with E-state index in [1.807, 2.05) is 31.2 Å². The van der Waals surface area contributed by atoms with E-state index in [9.17, 15) is 13.2 Å². The van der Waals surface area contributed by atoms with E-state index in [0.717, 1.165) is 11.3 Å². The number of aryl methyl sites for hydroxylation is 1. The van der Waals surface area contributed by atoms with Crippen molar-refractivity contribution < 1.29 is 13.2 Å². The first-order valence-electron chi connectivity index (χ1n) is 7.59. The number of hydrogen-bond donors (Lipinski definition) is 2. The first kappa shape index (κ1) is 16.4. The topological polar surface area (TPSA) is 101 Å². The summed E-state index contributed by atoms with van der Waals surface area (Å²) in [6.45, 7) is 1.91. The average molecular weight is 346 g/mol. The molecule has 8 heteroatoms. The van der Waals surface area contributed by atoms with Gasteiger partial charge in [-0.3, -0.25) is 4.79 Å². The standard InChI is InChI=1S/C16H18N4O3S/c1-11-4-2-3-5-13(11)20-16(21)14-8-15(18-10-17-14)19-12-6-7-24(22,23)9-12/h2-5,8,10,12H,6-7,9H2,1H3,(H,20,21)(H,17,18,19). The molecule has 1 saturated heterocycles. The number of rotatable bonds is 4. The minimum absolute atomic E-state index is 0.0851. The molecular formula is C16H18N4O3S. The molecule has 1 unspecified atom stereocenters. The molecule has 1 aromatic carbocycles. The van der Waals surface area contributed by atoms with Crippen LogP contribution in [0.15, 0.2) is 36.7 Å². The Hall–Kier alpha value is -2.48. The molecular weight excluding hydrogens is 328 g/mol. The van der Waals surface area contributed by atoms with Crippen molar-refractivity contribution in [3.63, 3.8) is 0 Å². The lowest BCUT2D eigenvalue weighted by atomic mass is 10.2. The number of amides is 1. The van der Waals surface area contributed by atoms with Gasteiger partial charge in [-0.2, -0.15) is 0 Å². The summed E-state index contributed by atoms with van der Waals surface area (Å²) in [5, 5.41) is 5.86. The second-order valence-corrected chi connectivity index (χ2v) is 8.03. The maximum Gasteiger partial charge on any atom is 0.274 e. The fourth-order valence-electron chi connectivity index (χ4n) is 2.58. The highest BCUT2D eigenvalue weighted by atomic mass is 32.2. The summed E-state index contributed by atoms with van der Waals surface area (Å²) in [7, 11) is -2.97. The summed E-state index contributed by atoms with van der Waals surface area (Å²) in [6, 6.07) is 8.81. The van der Waals surface area contributed by atoms with Gasteiger partial charge >= 0.3 is 0 Å². The second-order valence-electron chi connectivity index (χ2n) is 5.80. The van der Waals surface area contributed by atoms with Gasteiger partial charge in [0.25, 0.3) is 5.91 Å². The molecule has 1 atom stereocenters. The minimum Gasteiger partial charge on any atom is -0.366 e. The van der Waals surface area contributed by atoms with Gasteiger partial charge in [-0.1, -0.05) is 18.2 Å². The number of nitrogens with one attached hydrogen (secondary N) is 2. The van der Waals surface area contributed by atoms with E-state index >= 15 is 0 Å². The molecule has 0 spiro atoms. The fraction of sp³-hybridized carbons (Fsp3) is 0.312. The van der Waals surface area contributed by atoms with Crippen molar-refractivity contribution in [3.8, 4) is 0 Å². The second kappa shape index (κ2) is 6.56. The zero-order chi connectivity index (χ0) is 17.2. The zero-order valence-electron chi connectivity index (χ0n) is 13.2. The number of anilines is 2. The number of sulfone groups is 1. The van der Waals surface area contributed by atoms with Crippen LogP contribution in [0.3, 0.4) is 0 Å². The SMILES string of the molecule is Cc1ccccc1NC(=O)c1cc(NC2CCS(=O)(=O)C2)ncn1. The predicted octanol–water partition coefficient (Wildman–Crippen LogP) is 1.64. The summed E-state index contributed by atoms with van der Waals surface area (Å²) in [6.07, 6.45) is 1.83. The monoisotopic (exact) mass is 346 g/mol. The van der Waals surface area contributed by atoms with E-state index < -0.39 is 9.84 Å². The lowest BCUT2D eigenvalue weighted by Gasteiger charge is -2.12. The first-order valence-corrected chi connectivity index (χ1v) is 9.41. The van der Waals surface area contributed by atoms with Gasteiger partial charge in [0.05, 0.1) is 11.5 Å². The van der Waals surface area contributed by atoms with E-state index in [1.165, 1.54) is 12.4 Å². The van der Waals surface area contributed by atoms with Gasteiger partial charge in [0.2, 0.25) is 0 Å². The summed E-state index contributed by atoms with van der Waals surface area (Å²) >= 11 is 0. The lowest BCUT2D eigenvalue weighted by Crippen LogP contribution is -2.22. The summed E-state index contributed by atoms with van der Waals surface area (Å²) in [5.41, 5.74) is 1.89. The molecule has 3 rings (SSSR count). The molecule has 0 radical (unpaired) electrons. The summed E-state index contributed by atoms with van der Waals surface area (Å²) in [5.74, 6) is 0.369. The molecule has 1 aromatic heterocycles. The quantitative estimate of drug-likeness (QED) is 0.873. The van der Waals surface area contributed by atoms with Crippen molar-refractivity contribution in [2.24, 2.45) is 0 Å². The Morgan fingerprint density at radius 3 is 2.75 bits per heavy atom. The number of benzene rings is 1. The van der Waals surface area contributed by atoms with E-state index in [1.54, 1.807) is 0 Å². The number of nitrogens with zero attached hydrogens (tertiary/aromatic N) is 2. The highest BCUT2D eigenvalue weighted by molar-refractivity contribution is 7.91. The smallest absolute Gasteiger partial charge is 0.274 e. The fourth-order valence-corrected chi connectivity index (χ4v) is 4.25. The number of para-hydroxylation sites is 1. The molecule has 24 heavy (non-hydrogen) atoms. The van der Waals surface area contributed by atoms with Crippen molar-refractivity contribution in [1.29, 1.82) is 0 Å². The van der Waals surface area contributed by atoms with Crippen molar-refractivity contribution in [1.82, 2.24) is 9.97 Å². The third kappa shape index (κ3) is 3.88. The van der Waals surface area contributed by atoms with Crippen LogP contribution in [-0.2, 0) is 9.84 Å². The van der Waals surface area contributed by atoms with Crippen molar-refractivity contribution in [2.45, 2.75) is 19.4 Å². The average Bonchev–Trinajstić information content (AvgIpc) is 2.88. The number of hydrogen-bond acceptors (Lipinski definition) is 6. The van der Waals surface area contributed by atoms with Gasteiger partial charge in [-0.05, 0) is 25.0 Å². The maximum absolute atomic E-state index is 12.3. The third-order valence-corrected chi connectivity index (χ3v) is 5.65. The largest absolute Gasteiger partial charge is 0.366 e. The van der Waals surface area contributed by atoms with Gasteiger partial charge in [-0.15, -0.1) is 0 Å². The molecule has 0 saturated carbocycles. The molecule has 7 nitrogen and oxygen atoms in total. The molecule has 0 bridgehead atoms. The predicted molar refractivity (Wildman–Crippen MR) is 91.8 cm³/mol. The molecule has 126 valence electrons. The van der Waals surface area contributed by atoms with Crippen molar-refractivity contribution in [3.05, 3.63) is 47.9 Å². The Labute approximate surface area is 140 Å². The van der Waals surface area contributed by atoms with Crippen LogP contribution >= 0.6 is 0 Å². The molecule has 1 amide bonds. The van der Waals surface area contributed by atoms with Gasteiger partial charge in [-0.25, -0.2) is 18.4 Å². The normalized spacial score (nSPS) is 19.0. The van der Waals surface area contributed by atoms with Gasteiger partial charge in [0.1, 0.15) is 17.8 Å². The van der Waals surface area contributed by atoms with E-state index in [0.29, 0.717) is 12.2 Å². The van der Waals surface area contributed by atoms with Crippen LogP contribution in [0.4, 0.5) is 11.5 Å². The Balaban J connectivity index is 1.71. The van der Waals surface area contributed by atoms with Crippen LogP contribution in [0.5, 0.6) is 0 Å². The van der Waals surface area contributed by atoms with Crippen LogP contribution in [0.1, 0.15) is 22.5 Å². The highest BCUT2D eigenvalue weighted by Gasteiger charge is 2.28. The Bertz CT molecular complexity index is 867. The van der Waals surface area contributed by atoms with Gasteiger partial charge in [0, 0.05) is 17.8 Å². The van der Waals surface area contributed by atoms with Crippen LogP contribution in [0.2, 0.25) is 0 Å². The van der Waals surface area contributed by atoms with E-state index in [2.05, 4.69) is 20.6 Å². The van der Waals surface area contributed by atoms with Gasteiger partial charge in [0.15, 0.2) is 9.84 Å². The Morgan fingerprint density at radius 1 is 1.25 bits per heavy atom. The lowest BCUT2D eigenvalue weighted by molar-refractivity contribution is 0.102. The Morgan fingerprint density at radius 2 is 2.04 bits per heavy atom. The molecule has 2 aromatic rings. The molecule has 2 heterocycles. The van der Waals surface area contributed by atoms with Gasteiger partial charge < -0.3 is 10.6 Å². The number of carbonyl (C=O) groups is 1. The van der Waals surface area contributed by atoms with Crippen LogP contribution in [-0.4, -0.2) is 41.8 Å². The van der Waals surface area contributed by atoms with Crippen molar-refractivity contribution >= 4 is 27.2 Å². The molecule has 0 aliphatic carbocycles. The van der Waals surface area contributed by atoms with E-state index in [4.69, 9.17) is 0 Å². The Kier molecular flexibility index (Phi) is 4.48. The van der Waals surface area contributed by atoms with Crippen LogP contribution < -0.4 is 10.6 Å². The number of carbonyl (C=O) groups excluding carboxylic acids is 1. The van der Waals surface area contributed by atoms with E-state index in [-0.39, 0.29) is 29.1 Å². The van der Waals surface area contributed by atoms with Crippen molar-refractivity contribution in [2.75, 3.05) is 22.1 Å². The zero-order valence-corrected chi connectivity index (χ0v) is 14.0. The highest BCUT2D eigenvalue weighted by Crippen LogP contribution is 2.17. The maximum atomic E-state index is 12.3. The molecule has 1 aliphatic rings. The van der Waals surface area contributed by atoms with Crippen LogP contribution in [0, 0.1) is 6.92 Å². The summed E-state index contributed by atoms with van der Waals surface area (Å²) in [4.78, 5) is 20.4. The minimum atomic E-state index is -2.97. The molecule has 2 N–H and O–H groups in total. The molecule has 1 aliphatic heterocycles.